The van der Waals surface area contributed by atoms with Crippen molar-refractivity contribution in [3.05, 3.63) is 98.1 Å². The first-order valence-electron chi connectivity index (χ1n) is 10.1. The Bertz CT molecular complexity index is 1280. The van der Waals surface area contributed by atoms with E-state index in [1.807, 2.05) is 0 Å². The Balaban J connectivity index is 1.87. The fourth-order valence-corrected chi connectivity index (χ4v) is 3.36. The van der Waals surface area contributed by atoms with Gasteiger partial charge in [0.2, 0.25) is 0 Å². The molecule has 0 saturated carbocycles. The molecule has 0 aliphatic heterocycles. The van der Waals surface area contributed by atoms with Crippen molar-refractivity contribution in [3.63, 3.8) is 0 Å². The van der Waals surface area contributed by atoms with Gasteiger partial charge in [-0.15, -0.1) is 0 Å². The maximum atomic E-state index is 11.0. The molecular formula is C25H19ClN2O6. The number of ether oxygens (including phenoxy) is 2. The topological polar surface area (TPSA) is 123 Å². The minimum atomic E-state index is -1.05. The number of halogens is 1. The Labute approximate surface area is 200 Å². The molecule has 3 rings (SSSR count). The highest BCUT2D eigenvalue weighted by atomic mass is 35.5. The van der Waals surface area contributed by atoms with Crippen molar-refractivity contribution in [1.82, 2.24) is 0 Å². The number of hydrogen-bond acceptors (Lipinski definition) is 6. The number of carboxylic acids is 1. The van der Waals surface area contributed by atoms with Crippen LogP contribution in [0.4, 0.5) is 5.69 Å². The molecule has 0 heterocycles. The Hall–Kier alpha value is -4.35. The van der Waals surface area contributed by atoms with Crippen molar-refractivity contribution < 1.29 is 24.3 Å². The minimum Gasteiger partial charge on any atom is -0.490 e. The van der Waals surface area contributed by atoms with Gasteiger partial charge >= 0.3 is 5.97 Å². The number of allylic oxidation sites excluding steroid dienone is 1. The van der Waals surface area contributed by atoms with Crippen LogP contribution in [0.15, 0.2) is 60.7 Å². The number of rotatable bonds is 9. The molecule has 0 aliphatic carbocycles. The minimum absolute atomic E-state index is 0.0150. The molecule has 0 aliphatic rings. The third-order valence-corrected chi connectivity index (χ3v) is 5.02. The molecule has 0 aromatic heterocycles. The number of carbonyl (C=O) groups is 1. The average Bonchev–Trinajstić information content (AvgIpc) is 2.82. The van der Waals surface area contributed by atoms with E-state index >= 15 is 0 Å². The first-order chi connectivity index (χ1) is 16.3. The summed E-state index contributed by atoms with van der Waals surface area (Å²) in [5, 5.41) is 29.7. The van der Waals surface area contributed by atoms with E-state index in [0.717, 1.165) is 0 Å². The summed E-state index contributed by atoms with van der Waals surface area (Å²) in [7, 11) is 0. The molecule has 0 saturated heterocycles. The summed E-state index contributed by atoms with van der Waals surface area (Å²) < 4.78 is 11.5. The molecule has 0 spiro atoms. The first kappa shape index (κ1) is 24.3. The van der Waals surface area contributed by atoms with Gasteiger partial charge in [-0.1, -0.05) is 23.7 Å². The van der Waals surface area contributed by atoms with Gasteiger partial charge in [0, 0.05) is 12.1 Å². The Morgan fingerprint density at radius 1 is 1.12 bits per heavy atom. The summed E-state index contributed by atoms with van der Waals surface area (Å²) in [4.78, 5) is 21.4. The Morgan fingerprint density at radius 3 is 2.32 bits per heavy atom. The monoisotopic (exact) mass is 478 g/mol. The van der Waals surface area contributed by atoms with Crippen LogP contribution in [0, 0.1) is 21.4 Å². The standard InChI is InChI=1S/C25H19ClN2O6/c1-2-33-23-13-17(11-20(14-27)18-5-7-19(8-6-18)25(29)30)12-22(26)24(23)34-15-16-3-9-21(10-4-16)28(31)32/h3-13H,2,15H2,1H3,(H,29,30)/b20-11-. The molecule has 1 N–H and O–H groups in total. The zero-order chi connectivity index (χ0) is 24.7. The van der Waals surface area contributed by atoms with Gasteiger partial charge in [0.15, 0.2) is 11.5 Å². The van der Waals surface area contributed by atoms with E-state index in [9.17, 15) is 20.2 Å². The van der Waals surface area contributed by atoms with Crippen LogP contribution in [0.25, 0.3) is 11.6 Å². The molecule has 0 bridgehead atoms. The molecule has 0 amide bonds. The lowest BCUT2D eigenvalue weighted by atomic mass is 10.0. The lowest BCUT2D eigenvalue weighted by Crippen LogP contribution is -2.01. The van der Waals surface area contributed by atoms with Gasteiger partial charge in [0.1, 0.15) is 6.61 Å². The van der Waals surface area contributed by atoms with Crippen molar-refractivity contribution in [2.24, 2.45) is 0 Å². The Morgan fingerprint density at radius 2 is 1.76 bits per heavy atom. The van der Waals surface area contributed by atoms with Gasteiger partial charge in [0.25, 0.3) is 5.69 Å². The number of benzene rings is 3. The molecule has 9 heteroatoms. The summed E-state index contributed by atoms with van der Waals surface area (Å²) in [5.74, 6) is -0.364. The van der Waals surface area contributed by atoms with Crippen LogP contribution in [0.2, 0.25) is 5.02 Å². The largest absolute Gasteiger partial charge is 0.490 e. The summed E-state index contributed by atoms with van der Waals surface area (Å²) in [5.41, 5.74) is 2.28. The van der Waals surface area contributed by atoms with Crippen molar-refractivity contribution in [1.29, 1.82) is 5.26 Å². The quantitative estimate of drug-likeness (QED) is 0.173. The smallest absolute Gasteiger partial charge is 0.335 e. The predicted molar refractivity (Wildman–Crippen MR) is 127 cm³/mol. The zero-order valence-corrected chi connectivity index (χ0v) is 18.8. The van der Waals surface area contributed by atoms with Gasteiger partial charge in [-0.25, -0.2) is 4.79 Å². The van der Waals surface area contributed by atoms with E-state index in [2.05, 4.69) is 6.07 Å². The number of nitro groups is 1. The van der Waals surface area contributed by atoms with Crippen LogP contribution in [0.5, 0.6) is 11.5 Å². The van der Waals surface area contributed by atoms with Crippen LogP contribution in [0.3, 0.4) is 0 Å². The molecule has 0 unspecified atom stereocenters. The normalized spacial score (nSPS) is 10.9. The van der Waals surface area contributed by atoms with Crippen LogP contribution < -0.4 is 9.47 Å². The lowest BCUT2D eigenvalue weighted by Gasteiger charge is -2.15. The highest BCUT2D eigenvalue weighted by molar-refractivity contribution is 6.32. The maximum Gasteiger partial charge on any atom is 0.335 e. The summed E-state index contributed by atoms with van der Waals surface area (Å²) in [6, 6.07) is 17.4. The highest BCUT2D eigenvalue weighted by Gasteiger charge is 2.14. The molecule has 8 nitrogen and oxygen atoms in total. The van der Waals surface area contributed by atoms with E-state index in [4.69, 9.17) is 26.2 Å². The third-order valence-electron chi connectivity index (χ3n) is 4.74. The van der Waals surface area contributed by atoms with Crippen molar-refractivity contribution in [2.75, 3.05) is 6.61 Å². The lowest BCUT2D eigenvalue weighted by molar-refractivity contribution is -0.384. The highest BCUT2D eigenvalue weighted by Crippen LogP contribution is 2.38. The van der Waals surface area contributed by atoms with Crippen molar-refractivity contribution in [3.8, 4) is 17.6 Å². The van der Waals surface area contributed by atoms with Gasteiger partial charge < -0.3 is 14.6 Å². The summed E-state index contributed by atoms with van der Waals surface area (Å²) in [6.07, 6.45) is 1.62. The molecule has 0 fully saturated rings. The second-order valence-corrected chi connectivity index (χ2v) is 7.43. The predicted octanol–water partition coefficient (Wildman–Crippen LogP) is 5.99. The van der Waals surface area contributed by atoms with Crippen molar-refractivity contribution >= 4 is 34.9 Å². The molecule has 0 radical (unpaired) electrons. The van der Waals surface area contributed by atoms with Gasteiger partial charge in [0.05, 0.1) is 33.8 Å². The van der Waals surface area contributed by atoms with E-state index in [1.54, 1.807) is 49.4 Å². The SMILES string of the molecule is CCOc1cc(/C=C(/C#N)c2ccc(C(=O)O)cc2)cc(Cl)c1OCc1ccc([N+](=O)[O-])cc1. The molecule has 172 valence electrons. The summed E-state index contributed by atoms with van der Waals surface area (Å²) >= 11 is 6.46. The second kappa shape index (κ2) is 11.0. The number of nitrogens with zero attached hydrogens (tertiary/aromatic N) is 2. The van der Waals surface area contributed by atoms with E-state index in [-0.39, 0.29) is 22.9 Å². The van der Waals surface area contributed by atoms with Crippen LogP contribution in [-0.4, -0.2) is 22.6 Å². The van der Waals surface area contributed by atoms with Crippen LogP contribution >= 0.6 is 11.6 Å². The third kappa shape index (κ3) is 5.91. The number of nitriles is 1. The van der Waals surface area contributed by atoms with E-state index < -0.39 is 10.9 Å². The number of hydrogen-bond donors (Lipinski definition) is 1. The maximum absolute atomic E-state index is 11.0. The zero-order valence-electron chi connectivity index (χ0n) is 18.0. The Kier molecular flexibility index (Phi) is 7.85. The van der Waals surface area contributed by atoms with E-state index in [1.165, 1.54) is 24.3 Å². The van der Waals surface area contributed by atoms with Gasteiger partial charge in [-0.05, 0) is 66.1 Å². The van der Waals surface area contributed by atoms with Gasteiger partial charge in [-0.2, -0.15) is 5.26 Å². The fourth-order valence-electron chi connectivity index (χ4n) is 3.08. The average molecular weight is 479 g/mol. The molecule has 34 heavy (non-hydrogen) atoms. The number of non-ortho nitro benzene ring substituents is 1. The number of nitro benzene ring substituents is 1. The first-order valence-corrected chi connectivity index (χ1v) is 10.5. The number of carboxylic acid groups (broad SMARTS) is 1. The summed E-state index contributed by atoms with van der Waals surface area (Å²) in [6.45, 7) is 2.27. The van der Waals surface area contributed by atoms with Crippen LogP contribution in [-0.2, 0) is 6.61 Å². The fraction of sp³-hybridized carbons (Fsp3) is 0.120. The molecule has 3 aromatic carbocycles. The van der Waals surface area contributed by atoms with E-state index in [0.29, 0.717) is 40.4 Å². The number of aromatic carboxylic acids is 1. The van der Waals surface area contributed by atoms with Crippen molar-refractivity contribution in [2.45, 2.75) is 13.5 Å². The molecular weight excluding hydrogens is 460 g/mol. The second-order valence-electron chi connectivity index (χ2n) is 7.03. The molecule has 3 aromatic rings. The van der Waals surface area contributed by atoms with Crippen LogP contribution in [0.1, 0.15) is 34.0 Å². The molecule has 0 atom stereocenters. The van der Waals surface area contributed by atoms with Gasteiger partial charge in [-0.3, -0.25) is 10.1 Å².